The average molecular weight is 428 g/mol. The maximum absolute atomic E-state index is 13.5. The second-order valence-corrected chi connectivity index (χ2v) is 6.12. The first-order valence-corrected chi connectivity index (χ1v) is 7.54. The molecule has 0 saturated heterocycles. The smallest absolute Gasteiger partial charge is 0.263 e. The number of benzene rings is 1. The van der Waals surface area contributed by atoms with E-state index >= 15 is 0 Å². The van der Waals surface area contributed by atoms with Crippen LogP contribution in [0.4, 0.5) is 18.9 Å². The second kappa shape index (κ2) is 6.78. The third-order valence-electron chi connectivity index (χ3n) is 3.78. The van der Waals surface area contributed by atoms with Crippen molar-refractivity contribution in [2.75, 3.05) is 0 Å². The fourth-order valence-electron chi connectivity index (χ4n) is 2.62. The molecule has 9 nitrogen and oxygen atoms in total. The van der Waals surface area contributed by atoms with Gasteiger partial charge in [0.1, 0.15) is 16.0 Å². The van der Waals surface area contributed by atoms with E-state index in [2.05, 4.69) is 0 Å². The molecule has 1 aromatic rings. The van der Waals surface area contributed by atoms with Gasteiger partial charge in [-0.3, -0.25) is 30.3 Å². The van der Waals surface area contributed by atoms with Gasteiger partial charge in [0, 0.05) is 23.2 Å². The highest BCUT2D eigenvalue weighted by Crippen LogP contribution is 2.49. The van der Waals surface area contributed by atoms with E-state index in [-0.39, 0.29) is 0 Å². The molecule has 0 bridgehead atoms. The Kier molecular flexibility index (Phi) is 5.16. The van der Waals surface area contributed by atoms with Gasteiger partial charge < -0.3 is 0 Å². The predicted octanol–water partition coefficient (Wildman–Crippen LogP) is 4.08. The van der Waals surface area contributed by atoms with Crippen LogP contribution in [0.1, 0.15) is 11.1 Å². The summed E-state index contributed by atoms with van der Waals surface area (Å²) in [6.07, 6.45) is -3.70. The Morgan fingerprint density at radius 1 is 1.07 bits per heavy atom. The second-order valence-electron chi connectivity index (χ2n) is 5.24. The maximum atomic E-state index is 13.5. The molecular weight excluding hydrogens is 422 g/mol. The van der Waals surface area contributed by atoms with Crippen LogP contribution >= 0.6 is 23.2 Å². The Morgan fingerprint density at radius 3 is 2.07 bits per heavy atom. The van der Waals surface area contributed by atoms with E-state index in [0.717, 1.165) is 0 Å². The lowest BCUT2D eigenvalue weighted by Gasteiger charge is -2.29. The lowest BCUT2D eigenvalue weighted by molar-refractivity contribution is -0.564. The zero-order chi connectivity index (χ0) is 20.7. The van der Waals surface area contributed by atoms with Crippen LogP contribution in [0.15, 0.2) is 36.1 Å². The lowest BCUT2D eigenvalue weighted by atomic mass is 9.79. The van der Waals surface area contributed by atoms with Crippen molar-refractivity contribution in [2.45, 2.75) is 17.1 Å². The number of alkyl halides is 4. The van der Waals surface area contributed by atoms with Crippen LogP contribution in [-0.2, 0) is 11.7 Å². The molecule has 14 heteroatoms. The van der Waals surface area contributed by atoms with Crippen LogP contribution in [0.2, 0.25) is 5.02 Å². The molecule has 1 aromatic carbocycles. The van der Waals surface area contributed by atoms with Crippen molar-refractivity contribution >= 4 is 28.9 Å². The van der Waals surface area contributed by atoms with E-state index in [9.17, 15) is 43.5 Å². The highest BCUT2D eigenvalue weighted by molar-refractivity contribution is 6.33. The molecule has 2 unspecified atom stereocenters. The largest absolute Gasteiger partial charge is 0.417 e. The van der Waals surface area contributed by atoms with Crippen LogP contribution in [0.5, 0.6) is 0 Å². The predicted molar refractivity (Wildman–Crippen MR) is 85.6 cm³/mol. The van der Waals surface area contributed by atoms with Crippen LogP contribution in [-0.4, -0.2) is 20.1 Å². The Hall–Kier alpha value is -2.73. The number of hydrogen-bond acceptors (Lipinski definition) is 6. The van der Waals surface area contributed by atoms with E-state index in [0.29, 0.717) is 30.4 Å². The first-order chi connectivity index (χ1) is 12.3. The first kappa shape index (κ1) is 20.6. The summed E-state index contributed by atoms with van der Waals surface area (Å²) in [4.78, 5) is 30.4. The number of rotatable bonds is 4. The SMILES string of the molecule is O=[N+]([O-])C1=CC(Cl)C(c2c(C(F)(F)F)ccc(Cl)c2[N+](=O)[O-])([N+](=O)[O-])C=C1. The zero-order valence-corrected chi connectivity index (χ0v) is 14.2. The molecule has 1 aliphatic rings. The molecule has 0 amide bonds. The molecule has 0 saturated carbocycles. The molecule has 0 aliphatic heterocycles. The van der Waals surface area contributed by atoms with Crippen molar-refractivity contribution in [1.82, 2.24) is 0 Å². The molecule has 144 valence electrons. The maximum Gasteiger partial charge on any atom is 0.417 e. The molecular formula is C13H6Cl2F3N3O6. The zero-order valence-electron chi connectivity index (χ0n) is 12.6. The van der Waals surface area contributed by atoms with Gasteiger partial charge >= 0.3 is 6.18 Å². The van der Waals surface area contributed by atoms with Gasteiger partial charge in [-0.15, -0.1) is 11.6 Å². The van der Waals surface area contributed by atoms with Crippen molar-refractivity contribution in [3.05, 3.63) is 82.6 Å². The molecule has 0 fully saturated rings. The Morgan fingerprint density at radius 2 is 1.67 bits per heavy atom. The van der Waals surface area contributed by atoms with Gasteiger partial charge in [-0.25, -0.2) is 0 Å². The van der Waals surface area contributed by atoms with E-state index in [1.54, 1.807) is 0 Å². The minimum absolute atomic E-state index is 0.347. The minimum Gasteiger partial charge on any atom is -0.263 e. The lowest BCUT2D eigenvalue weighted by Crippen LogP contribution is -2.45. The summed E-state index contributed by atoms with van der Waals surface area (Å²) >= 11 is 11.5. The minimum atomic E-state index is -5.23. The summed E-state index contributed by atoms with van der Waals surface area (Å²) in [5, 5.41) is 31.1. The van der Waals surface area contributed by atoms with Crippen molar-refractivity contribution in [3.8, 4) is 0 Å². The summed E-state index contributed by atoms with van der Waals surface area (Å²) in [6, 6.07) is 0.924. The van der Waals surface area contributed by atoms with Crippen molar-refractivity contribution in [1.29, 1.82) is 0 Å². The molecule has 0 spiro atoms. The summed E-state index contributed by atoms with van der Waals surface area (Å²) in [5.74, 6) is 0. The van der Waals surface area contributed by atoms with Crippen molar-refractivity contribution in [3.63, 3.8) is 0 Å². The Bertz CT molecular complexity index is 917. The number of halogens is 5. The Labute approximate surface area is 157 Å². The molecule has 0 N–H and O–H groups in total. The van der Waals surface area contributed by atoms with Crippen LogP contribution < -0.4 is 0 Å². The summed E-state index contributed by atoms with van der Waals surface area (Å²) in [6.45, 7) is 0. The molecule has 0 aromatic heterocycles. The summed E-state index contributed by atoms with van der Waals surface area (Å²) in [7, 11) is 0. The molecule has 2 rings (SSSR count). The molecule has 27 heavy (non-hydrogen) atoms. The molecule has 1 aliphatic carbocycles. The molecule has 0 radical (unpaired) electrons. The fourth-order valence-corrected chi connectivity index (χ4v) is 3.24. The average Bonchev–Trinajstić information content (AvgIpc) is 2.52. The Balaban J connectivity index is 2.98. The van der Waals surface area contributed by atoms with Gasteiger partial charge in [0.15, 0.2) is 0 Å². The van der Waals surface area contributed by atoms with Gasteiger partial charge in [0.25, 0.3) is 16.9 Å². The van der Waals surface area contributed by atoms with E-state index in [4.69, 9.17) is 23.2 Å². The normalized spacial score (nSPS) is 22.3. The van der Waals surface area contributed by atoms with Gasteiger partial charge in [-0.05, 0) is 12.1 Å². The number of nitrogens with zero attached hydrogens (tertiary/aromatic N) is 3. The number of hydrogen-bond donors (Lipinski definition) is 0. The number of allylic oxidation sites excluding steroid dienone is 1. The fraction of sp³-hybridized carbons (Fsp3) is 0.231. The highest BCUT2D eigenvalue weighted by atomic mass is 35.5. The molecule has 0 heterocycles. The standard InChI is InChI=1S/C13H6Cl2F3N3O6/c14-8-2-1-7(13(16,17)18)10(11(8)20(24)25)12(21(26)27)4-3-6(19(22)23)5-9(12)15/h1-5,9H. The topological polar surface area (TPSA) is 129 Å². The number of nitro benzene ring substituents is 1. The third-order valence-corrected chi connectivity index (χ3v) is 4.54. The third kappa shape index (κ3) is 3.32. The summed E-state index contributed by atoms with van der Waals surface area (Å²) < 4.78 is 40.4. The van der Waals surface area contributed by atoms with E-state index in [1.807, 2.05) is 0 Å². The van der Waals surface area contributed by atoms with Crippen molar-refractivity contribution in [2.24, 2.45) is 0 Å². The quantitative estimate of drug-likeness (QED) is 0.404. The van der Waals surface area contributed by atoms with E-state index < -0.39 is 59.4 Å². The van der Waals surface area contributed by atoms with Crippen LogP contribution in [0.25, 0.3) is 0 Å². The van der Waals surface area contributed by atoms with Gasteiger partial charge in [-0.1, -0.05) is 11.6 Å². The van der Waals surface area contributed by atoms with E-state index in [1.165, 1.54) is 0 Å². The number of nitro groups is 3. The highest BCUT2D eigenvalue weighted by Gasteiger charge is 2.59. The van der Waals surface area contributed by atoms with Gasteiger partial charge in [-0.2, -0.15) is 13.2 Å². The first-order valence-electron chi connectivity index (χ1n) is 6.72. The van der Waals surface area contributed by atoms with Gasteiger partial charge in [0.2, 0.25) is 0 Å². The summed E-state index contributed by atoms with van der Waals surface area (Å²) in [5.41, 5.74) is -8.21. The van der Waals surface area contributed by atoms with Crippen LogP contribution in [0, 0.1) is 30.3 Å². The molecule has 2 atom stereocenters. The van der Waals surface area contributed by atoms with Gasteiger partial charge in [0.05, 0.1) is 15.4 Å². The monoisotopic (exact) mass is 427 g/mol. The van der Waals surface area contributed by atoms with Crippen molar-refractivity contribution < 1.29 is 27.9 Å². The van der Waals surface area contributed by atoms with Crippen LogP contribution in [0.3, 0.4) is 0 Å².